The molecule has 0 fully saturated rings. The van der Waals surface area contributed by atoms with Crippen molar-refractivity contribution in [3.05, 3.63) is 39.7 Å². The Kier molecular flexibility index (Phi) is 6.16. The molecule has 0 saturated heterocycles. The average Bonchev–Trinajstić information content (AvgIpc) is 2.88. The van der Waals surface area contributed by atoms with Crippen LogP contribution in [-0.4, -0.2) is 30.6 Å². The number of ether oxygens (including phenoxy) is 2. The van der Waals surface area contributed by atoms with E-state index < -0.39 is 5.97 Å². The minimum atomic E-state index is -0.518. The number of methoxy groups -OCH3 is 1. The summed E-state index contributed by atoms with van der Waals surface area (Å²) in [5, 5.41) is 12.2. The Morgan fingerprint density at radius 2 is 2.21 bits per heavy atom. The highest BCUT2D eigenvalue weighted by molar-refractivity contribution is 8.00. The number of carbonyl (C=O) groups is 2. The lowest BCUT2D eigenvalue weighted by atomic mass is 10.3. The van der Waals surface area contributed by atoms with Gasteiger partial charge in [0.1, 0.15) is 0 Å². The van der Waals surface area contributed by atoms with Crippen molar-refractivity contribution in [3.63, 3.8) is 0 Å². The van der Waals surface area contributed by atoms with E-state index in [1.54, 1.807) is 13.8 Å². The summed E-state index contributed by atoms with van der Waals surface area (Å²) < 4.78 is 10.8. The first kappa shape index (κ1) is 18.2. The maximum absolute atomic E-state index is 11.9. The van der Waals surface area contributed by atoms with E-state index in [0.717, 1.165) is 22.3 Å². The van der Waals surface area contributed by atoms with Crippen LogP contribution in [0.5, 0.6) is 0 Å². The molecule has 24 heavy (non-hydrogen) atoms. The van der Waals surface area contributed by atoms with E-state index in [9.17, 15) is 14.8 Å². The molecule has 2 rings (SSSR count). The summed E-state index contributed by atoms with van der Waals surface area (Å²) in [6.45, 7) is 3.88. The van der Waals surface area contributed by atoms with Crippen molar-refractivity contribution in [1.29, 1.82) is 0 Å². The van der Waals surface area contributed by atoms with Crippen molar-refractivity contribution in [2.45, 2.75) is 29.6 Å². The van der Waals surface area contributed by atoms with Gasteiger partial charge in [-0.15, -0.1) is 11.3 Å². The van der Waals surface area contributed by atoms with Crippen molar-refractivity contribution in [1.82, 2.24) is 4.98 Å². The van der Waals surface area contributed by atoms with E-state index in [2.05, 4.69) is 9.72 Å². The van der Waals surface area contributed by atoms with E-state index in [-0.39, 0.29) is 18.0 Å². The second kappa shape index (κ2) is 8.11. The highest BCUT2D eigenvalue weighted by Crippen LogP contribution is 2.32. The molecule has 0 aliphatic rings. The van der Waals surface area contributed by atoms with Crippen LogP contribution in [0.2, 0.25) is 0 Å². The smallest absolute Gasteiger partial charge is 0.338 e. The number of hydrogen-bond donors (Lipinski definition) is 0. The predicted molar refractivity (Wildman–Crippen MR) is 88.1 cm³/mol. The summed E-state index contributed by atoms with van der Waals surface area (Å²) >= 11 is 2.45. The quantitative estimate of drug-likeness (QED) is 0.438. The second-order valence-corrected chi connectivity index (χ2v) is 6.99. The fourth-order valence-corrected chi connectivity index (χ4v) is 4.03. The molecule has 0 saturated carbocycles. The van der Waals surface area contributed by atoms with Crippen molar-refractivity contribution in [2.75, 3.05) is 13.7 Å². The number of pyridine rings is 1. The molecule has 0 bridgehead atoms. The zero-order valence-corrected chi connectivity index (χ0v) is 15.0. The number of hydrogen-bond acceptors (Lipinski definition) is 8. The van der Waals surface area contributed by atoms with Gasteiger partial charge in [0.25, 0.3) is 5.03 Å². The predicted octanol–water partition coefficient (Wildman–Crippen LogP) is 2.13. The van der Waals surface area contributed by atoms with Crippen LogP contribution in [0.3, 0.4) is 0 Å². The van der Waals surface area contributed by atoms with Crippen LogP contribution in [-0.2, 0) is 20.7 Å². The molecule has 0 N–H and O–H groups in total. The molecule has 0 atom stereocenters. The first-order valence-corrected chi connectivity index (χ1v) is 8.69. The monoisotopic (exact) mass is 368 g/mol. The number of rotatable bonds is 6. The molecule has 0 amide bonds. The maximum Gasteiger partial charge on any atom is 0.338 e. The van der Waals surface area contributed by atoms with Crippen molar-refractivity contribution in [2.24, 2.45) is 0 Å². The molecule has 0 spiro atoms. The van der Waals surface area contributed by atoms with E-state index in [1.807, 2.05) is 0 Å². The van der Waals surface area contributed by atoms with Gasteiger partial charge in [-0.2, -0.15) is 4.73 Å². The van der Waals surface area contributed by atoms with Crippen LogP contribution in [0.1, 0.15) is 27.9 Å². The number of carbonyl (C=O) groups excluding carboxylic acids is 2. The molecule has 128 valence electrons. The highest BCUT2D eigenvalue weighted by atomic mass is 32.2. The van der Waals surface area contributed by atoms with Crippen LogP contribution < -0.4 is 4.73 Å². The second-order valence-electron chi connectivity index (χ2n) is 4.64. The Labute approximate surface area is 147 Å². The van der Waals surface area contributed by atoms with Gasteiger partial charge in [0.15, 0.2) is 10.5 Å². The lowest BCUT2D eigenvalue weighted by Gasteiger charge is -2.04. The number of esters is 2. The van der Waals surface area contributed by atoms with Crippen LogP contribution >= 0.6 is 23.1 Å². The largest absolute Gasteiger partial charge is 0.618 e. The van der Waals surface area contributed by atoms with Crippen LogP contribution in [0.15, 0.2) is 27.7 Å². The third-order valence-corrected chi connectivity index (χ3v) is 5.21. The standard InChI is InChI=1S/C15H16N2O5S2/c1-4-22-13(18)8-11-9(2)16-15(23-11)24-12-7-10(14(19)21-3)5-6-17(12)20/h5-7H,4,8H2,1-3H3. The molecular formula is C15H16N2O5S2. The van der Waals surface area contributed by atoms with E-state index in [1.165, 1.54) is 36.8 Å². The minimum absolute atomic E-state index is 0.150. The zero-order valence-electron chi connectivity index (χ0n) is 13.4. The fraction of sp³-hybridized carbons (Fsp3) is 0.333. The summed E-state index contributed by atoms with van der Waals surface area (Å²) in [4.78, 5) is 28.3. The number of nitrogens with zero attached hydrogens (tertiary/aromatic N) is 2. The SMILES string of the molecule is CCOC(=O)Cc1sc(Sc2cc(C(=O)OC)cc[n+]2[O-])nc1C. The van der Waals surface area contributed by atoms with E-state index in [4.69, 9.17) is 4.74 Å². The molecule has 2 aromatic heterocycles. The molecular weight excluding hydrogens is 352 g/mol. The van der Waals surface area contributed by atoms with Gasteiger partial charge in [0, 0.05) is 28.8 Å². The normalized spacial score (nSPS) is 10.5. The first-order valence-electron chi connectivity index (χ1n) is 7.06. The highest BCUT2D eigenvalue weighted by Gasteiger charge is 2.18. The first-order chi connectivity index (χ1) is 11.4. The Balaban J connectivity index is 2.19. The molecule has 0 aliphatic heterocycles. The summed E-state index contributed by atoms with van der Waals surface area (Å²) in [5.74, 6) is -0.830. The molecule has 2 heterocycles. The Hall–Kier alpha value is -2.13. The van der Waals surface area contributed by atoms with Crippen molar-refractivity contribution >= 4 is 35.0 Å². The molecule has 0 aromatic carbocycles. The molecule has 0 aliphatic carbocycles. The summed E-state index contributed by atoms with van der Waals surface area (Å²) in [5.41, 5.74) is 1.00. The summed E-state index contributed by atoms with van der Waals surface area (Å²) in [7, 11) is 1.28. The van der Waals surface area contributed by atoms with Crippen molar-refractivity contribution in [3.8, 4) is 0 Å². The molecule has 2 aromatic rings. The summed E-state index contributed by atoms with van der Waals surface area (Å²) in [6.07, 6.45) is 1.39. The zero-order chi connectivity index (χ0) is 17.7. The lowest BCUT2D eigenvalue weighted by Crippen LogP contribution is -2.28. The summed E-state index contributed by atoms with van der Waals surface area (Å²) in [6, 6.07) is 2.84. The van der Waals surface area contributed by atoms with Crippen LogP contribution in [0.4, 0.5) is 0 Å². The minimum Gasteiger partial charge on any atom is -0.618 e. The van der Waals surface area contributed by atoms with Gasteiger partial charge in [-0.1, -0.05) is 0 Å². The third kappa shape index (κ3) is 4.45. The fourth-order valence-electron chi connectivity index (χ4n) is 1.83. The van der Waals surface area contributed by atoms with Crippen molar-refractivity contribution < 1.29 is 23.8 Å². The van der Waals surface area contributed by atoms with Crippen LogP contribution in [0.25, 0.3) is 0 Å². The number of aryl methyl sites for hydroxylation is 1. The Morgan fingerprint density at radius 1 is 1.46 bits per heavy atom. The van der Waals surface area contributed by atoms with Gasteiger partial charge >= 0.3 is 11.9 Å². The molecule has 0 radical (unpaired) electrons. The maximum atomic E-state index is 11.9. The van der Waals surface area contributed by atoms with Gasteiger partial charge in [-0.05, 0) is 13.8 Å². The molecule has 9 heteroatoms. The van der Waals surface area contributed by atoms with Gasteiger partial charge in [0.05, 0.1) is 31.4 Å². The molecule has 7 nitrogen and oxygen atoms in total. The van der Waals surface area contributed by atoms with E-state index in [0.29, 0.717) is 20.7 Å². The van der Waals surface area contributed by atoms with E-state index >= 15 is 0 Å². The van der Waals surface area contributed by atoms with Gasteiger partial charge in [-0.3, -0.25) is 4.79 Å². The topological polar surface area (TPSA) is 92.4 Å². The Bertz CT molecular complexity index is 760. The molecule has 0 unspecified atom stereocenters. The van der Waals surface area contributed by atoms with Crippen LogP contribution in [0, 0.1) is 12.1 Å². The number of aromatic nitrogens is 2. The third-order valence-electron chi connectivity index (χ3n) is 2.98. The van der Waals surface area contributed by atoms with Gasteiger partial charge in [0.2, 0.25) is 0 Å². The number of thiazole rings is 1. The van der Waals surface area contributed by atoms with Gasteiger partial charge < -0.3 is 14.7 Å². The average molecular weight is 368 g/mol. The lowest BCUT2D eigenvalue weighted by molar-refractivity contribution is -0.645. The Morgan fingerprint density at radius 3 is 2.88 bits per heavy atom. The van der Waals surface area contributed by atoms with Gasteiger partial charge in [-0.25, -0.2) is 9.78 Å².